The summed E-state index contributed by atoms with van der Waals surface area (Å²) in [7, 11) is 1.71. The molecule has 3 heterocycles. The van der Waals surface area contributed by atoms with Crippen LogP contribution in [0.5, 0.6) is 5.75 Å². The van der Waals surface area contributed by atoms with Crippen molar-refractivity contribution in [2.75, 3.05) is 26.7 Å². The zero-order valence-electron chi connectivity index (χ0n) is 18.1. The van der Waals surface area contributed by atoms with Crippen LogP contribution in [0.25, 0.3) is 11.8 Å². The van der Waals surface area contributed by atoms with Gasteiger partial charge in [-0.3, -0.25) is 4.98 Å². The van der Waals surface area contributed by atoms with Gasteiger partial charge in [0.15, 0.2) is 0 Å². The Balaban J connectivity index is 1.41. The van der Waals surface area contributed by atoms with E-state index in [0.717, 1.165) is 60.7 Å². The first-order valence-corrected chi connectivity index (χ1v) is 11.8. The second-order valence-electron chi connectivity index (χ2n) is 8.19. The van der Waals surface area contributed by atoms with Gasteiger partial charge in [-0.2, -0.15) is 0 Å². The minimum Gasteiger partial charge on any atom is -0.497 e. The lowest BCUT2D eigenvalue weighted by Gasteiger charge is -2.36. The molecule has 0 radical (unpaired) electrons. The van der Waals surface area contributed by atoms with Crippen LogP contribution in [0.3, 0.4) is 0 Å². The lowest BCUT2D eigenvalue weighted by molar-refractivity contribution is 0.267. The summed E-state index contributed by atoms with van der Waals surface area (Å²) in [5.74, 6) is 0.910. The third-order valence-electron chi connectivity index (χ3n) is 6.11. The summed E-state index contributed by atoms with van der Waals surface area (Å²) < 4.78 is 5.28. The smallest absolute Gasteiger partial charge is 0.118 e. The fraction of sp³-hybridized carbons (Fsp3) is 0.360. The molecule has 3 aromatic rings. The van der Waals surface area contributed by atoms with Crippen LogP contribution >= 0.6 is 11.3 Å². The monoisotopic (exact) mass is 432 g/mol. The van der Waals surface area contributed by atoms with Crippen molar-refractivity contribution in [3.8, 4) is 5.75 Å². The van der Waals surface area contributed by atoms with Crippen molar-refractivity contribution in [3.63, 3.8) is 0 Å². The van der Waals surface area contributed by atoms with Crippen molar-refractivity contribution in [2.45, 2.75) is 32.2 Å². The van der Waals surface area contributed by atoms with Crippen LogP contribution in [0.1, 0.15) is 27.6 Å². The zero-order valence-corrected chi connectivity index (χ0v) is 18.9. The average Bonchev–Trinajstić information content (AvgIpc) is 3.10. The fourth-order valence-corrected chi connectivity index (χ4v) is 5.44. The molecule has 2 aromatic heterocycles. The molecule has 160 valence electrons. The number of ether oxygens (including phenoxy) is 1. The maximum atomic E-state index is 5.28. The summed E-state index contributed by atoms with van der Waals surface area (Å²) in [6.45, 7) is 5.02. The number of piperazine rings is 1. The second-order valence-corrected chi connectivity index (χ2v) is 9.47. The highest BCUT2D eigenvalue weighted by molar-refractivity contribution is 7.11. The predicted octanol–water partition coefficient (Wildman–Crippen LogP) is 2.25. The molecular formula is C25H28N4OS. The number of benzene rings is 1. The maximum absolute atomic E-state index is 5.28. The fourth-order valence-electron chi connectivity index (χ4n) is 4.54. The molecule has 0 amide bonds. The second kappa shape index (κ2) is 8.81. The minimum atomic E-state index is 0.436. The van der Waals surface area contributed by atoms with Gasteiger partial charge < -0.3 is 15.0 Å². The molecule has 0 spiro atoms. The van der Waals surface area contributed by atoms with E-state index in [1.54, 1.807) is 7.11 Å². The van der Waals surface area contributed by atoms with E-state index in [1.165, 1.54) is 21.4 Å². The molecule has 2 aliphatic rings. The standard InChI is InChI=1S/C25H28N4OS/c1-17-28-24-22(31-17)12-8-19-4-3-13-27-23(19)25(24)29-15-14-26-20(16-29)9-5-18-6-10-21(30-2)11-7-18/h3-4,6-8,10-11,13,20,26H,5,9,12,14-16H2,1-2H3. The van der Waals surface area contributed by atoms with Crippen molar-refractivity contribution >= 4 is 23.1 Å². The number of nitrogens with one attached hydrogen (secondary N) is 1. The van der Waals surface area contributed by atoms with E-state index in [9.17, 15) is 0 Å². The number of aryl methyl sites for hydroxylation is 2. The van der Waals surface area contributed by atoms with E-state index < -0.39 is 0 Å². The van der Waals surface area contributed by atoms with E-state index in [4.69, 9.17) is 14.7 Å². The third-order valence-corrected chi connectivity index (χ3v) is 7.10. The molecule has 1 fully saturated rings. The first-order valence-electron chi connectivity index (χ1n) is 10.9. The summed E-state index contributed by atoms with van der Waals surface area (Å²) in [4.78, 5) is 13.6. The highest BCUT2D eigenvalue weighted by atomic mass is 32.1. The van der Waals surface area contributed by atoms with Gasteiger partial charge in [0.05, 0.1) is 23.2 Å². The van der Waals surface area contributed by atoms with Crippen LogP contribution in [-0.4, -0.2) is 47.7 Å². The van der Waals surface area contributed by atoms with E-state index >= 15 is 0 Å². The molecule has 1 unspecified atom stereocenters. The molecule has 1 aliphatic heterocycles. The number of thiazole rings is 1. The van der Waals surface area contributed by atoms with E-state index in [-0.39, 0.29) is 0 Å². The molecule has 0 saturated carbocycles. The number of aromatic nitrogens is 2. The molecule has 1 aromatic carbocycles. The van der Waals surface area contributed by atoms with Crippen LogP contribution in [0.2, 0.25) is 0 Å². The molecule has 1 atom stereocenters. The summed E-state index contributed by atoms with van der Waals surface area (Å²) in [6, 6.07) is 13.1. The largest absolute Gasteiger partial charge is 0.497 e. The molecule has 5 nitrogen and oxygen atoms in total. The van der Waals surface area contributed by atoms with Crippen LogP contribution in [0.15, 0.2) is 42.6 Å². The van der Waals surface area contributed by atoms with Crippen LogP contribution in [-0.2, 0) is 12.8 Å². The van der Waals surface area contributed by atoms with Gasteiger partial charge in [-0.15, -0.1) is 11.3 Å². The number of nitrogens with zero attached hydrogens (tertiary/aromatic N) is 3. The molecular weight excluding hydrogens is 404 g/mol. The molecule has 6 heteroatoms. The first-order chi connectivity index (χ1) is 15.2. The third kappa shape index (κ3) is 4.23. The van der Waals surface area contributed by atoms with E-state index in [2.05, 4.69) is 41.4 Å². The Kier molecular flexibility index (Phi) is 5.74. The summed E-state index contributed by atoms with van der Waals surface area (Å²) in [6.07, 6.45) is 7.28. The van der Waals surface area contributed by atoms with Crippen molar-refractivity contribution in [1.29, 1.82) is 0 Å². The van der Waals surface area contributed by atoms with Gasteiger partial charge in [0.25, 0.3) is 0 Å². The molecule has 0 bridgehead atoms. The Morgan fingerprint density at radius 1 is 1.23 bits per heavy atom. The van der Waals surface area contributed by atoms with Gasteiger partial charge in [0.1, 0.15) is 11.4 Å². The number of pyridine rings is 1. The Hall–Kier alpha value is -2.70. The van der Waals surface area contributed by atoms with Crippen LogP contribution in [0, 0.1) is 6.92 Å². The van der Waals surface area contributed by atoms with E-state index in [1.807, 2.05) is 35.7 Å². The molecule has 1 saturated heterocycles. The number of hydrogen-bond acceptors (Lipinski definition) is 6. The summed E-state index contributed by atoms with van der Waals surface area (Å²) >= 11 is 1.81. The highest BCUT2D eigenvalue weighted by Crippen LogP contribution is 2.28. The SMILES string of the molecule is COc1ccc(CCC2CN(C3=c4ncccc4=CCc4sc(C)nc43)CCN2)cc1. The summed E-state index contributed by atoms with van der Waals surface area (Å²) in [5.41, 5.74) is 3.69. The lowest BCUT2D eigenvalue weighted by Crippen LogP contribution is -2.52. The molecule has 1 aliphatic carbocycles. The maximum Gasteiger partial charge on any atom is 0.118 e. The van der Waals surface area contributed by atoms with Gasteiger partial charge >= 0.3 is 0 Å². The topological polar surface area (TPSA) is 50.3 Å². The average molecular weight is 433 g/mol. The number of rotatable bonds is 5. The molecule has 31 heavy (non-hydrogen) atoms. The minimum absolute atomic E-state index is 0.436. The van der Waals surface area contributed by atoms with Crippen molar-refractivity contribution in [2.24, 2.45) is 0 Å². The van der Waals surface area contributed by atoms with Crippen molar-refractivity contribution < 1.29 is 4.74 Å². The van der Waals surface area contributed by atoms with Gasteiger partial charge in [-0.25, -0.2) is 4.98 Å². The van der Waals surface area contributed by atoms with E-state index in [0.29, 0.717) is 6.04 Å². The van der Waals surface area contributed by atoms with Crippen LogP contribution < -0.4 is 20.6 Å². The Morgan fingerprint density at radius 2 is 2.10 bits per heavy atom. The first kappa shape index (κ1) is 20.2. The Bertz CT molecular complexity index is 1180. The van der Waals surface area contributed by atoms with Gasteiger partial charge in [-0.1, -0.05) is 24.3 Å². The number of methoxy groups -OCH3 is 1. The predicted molar refractivity (Wildman–Crippen MR) is 126 cm³/mol. The molecule has 1 N–H and O–H groups in total. The normalized spacial score (nSPS) is 18.1. The highest BCUT2D eigenvalue weighted by Gasteiger charge is 2.27. The van der Waals surface area contributed by atoms with Gasteiger partial charge in [0, 0.05) is 43.2 Å². The molecule has 5 rings (SSSR count). The Morgan fingerprint density at radius 3 is 2.94 bits per heavy atom. The Labute approximate surface area is 187 Å². The van der Waals surface area contributed by atoms with Crippen LogP contribution in [0.4, 0.5) is 0 Å². The zero-order chi connectivity index (χ0) is 21.2. The van der Waals surface area contributed by atoms with Crippen molar-refractivity contribution in [1.82, 2.24) is 20.2 Å². The summed E-state index contributed by atoms with van der Waals surface area (Å²) in [5, 5.41) is 7.14. The lowest BCUT2D eigenvalue weighted by atomic mass is 10.0. The number of fused-ring (bicyclic) bond motifs is 2. The van der Waals surface area contributed by atoms with Gasteiger partial charge in [0.2, 0.25) is 0 Å². The number of hydrogen-bond donors (Lipinski definition) is 1. The van der Waals surface area contributed by atoms with Crippen molar-refractivity contribution in [3.05, 3.63) is 74.3 Å². The van der Waals surface area contributed by atoms with Gasteiger partial charge in [-0.05, 0) is 48.7 Å². The quantitative estimate of drug-likeness (QED) is 0.670.